The normalized spacial score (nSPS) is 18.1. The average molecular weight is 356 g/mol. The molecule has 26 heavy (non-hydrogen) atoms. The molecule has 1 aliphatic rings. The lowest BCUT2D eigenvalue weighted by Crippen LogP contribution is -2.28. The Morgan fingerprint density at radius 3 is 2.46 bits per heavy atom. The third-order valence-corrected chi connectivity index (χ3v) is 4.29. The molecular formula is C20H21FN2O3. The summed E-state index contributed by atoms with van der Waals surface area (Å²) in [6, 6.07) is 13.2. The van der Waals surface area contributed by atoms with Crippen LogP contribution in [-0.2, 0) is 9.59 Å². The van der Waals surface area contributed by atoms with Crippen molar-refractivity contribution in [2.45, 2.75) is 19.3 Å². The Labute approximate surface area is 151 Å². The molecule has 2 aromatic carbocycles. The summed E-state index contributed by atoms with van der Waals surface area (Å²) >= 11 is 0. The lowest BCUT2D eigenvalue weighted by atomic mass is 10.1. The average Bonchev–Trinajstić information content (AvgIpc) is 3.43. The highest BCUT2D eigenvalue weighted by atomic mass is 19.1. The summed E-state index contributed by atoms with van der Waals surface area (Å²) < 4.78 is 18.3. The molecule has 3 rings (SSSR count). The number of halogens is 1. The number of amides is 2. The largest absolute Gasteiger partial charge is 0.484 e. The second-order valence-corrected chi connectivity index (χ2v) is 6.26. The van der Waals surface area contributed by atoms with E-state index in [9.17, 15) is 14.0 Å². The molecule has 2 amide bonds. The van der Waals surface area contributed by atoms with Crippen LogP contribution in [0.1, 0.15) is 24.8 Å². The first-order valence-electron chi connectivity index (χ1n) is 8.62. The fraction of sp³-hybridized carbons (Fsp3) is 0.300. The van der Waals surface area contributed by atoms with Crippen molar-refractivity contribution in [3.05, 3.63) is 59.9 Å². The molecule has 2 N–H and O–H groups in total. The number of nitrogens with one attached hydrogen (secondary N) is 2. The van der Waals surface area contributed by atoms with Gasteiger partial charge in [0.15, 0.2) is 6.61 Å². The third kappa shape index (κ3) is 4.59. The SMILES string of the molecule is CCNC(=O)COc1ccc(NC(=O)C2CC2c2ccc(F)cc2)cc1. The van der Waals surface area contributed by atoms with Gasteiger partial charge in [-0.05, 0) is 61.2 Å². The van der Waals surface area contributed by atoms with E-state index in [-0.39, 0.29) is 36.1 Å². The maximum atomic E-state index is 13.0. The smallest absolute Gasteiger partial charge is 0.257 e. The minimum Gasteiger partial charge on any atom is -0.484 e. The van der Waals surface area contributed by atoms with E-state index in [1.807, 2.05) is 6.92 Å². The highest BCUT2D eigenvalue weighted by molar-refractivity contribution is 5.95. The Morgan fingerprint density at radius 1 is 1.12 bits per heavy atom. The quantitative estimate of drug-likeness (QED) is 0.801. The van der Waals surface area contributed by atoms with Crippen LogP contribution in [0.2, 0.25) is 0 Å². The van der Waals surface area contributed by atoms with Gasteiger partial charge in [-0.2, -0.15) is 0 Å². The number of hydrogen-bond donors (Lipinski definition) is 2. The molecule has 0 bridgehead atoms. The summed E-state index contributed by atoms with van der Waals surface area (Å²) in [5.41, 5.74) is 1.66. The van der Waals surface area contributed by atoms with E-state index in [1.165, 1.54) is 12.1 Å². The van der Waals surface area contributed by atoms with E-state index >= 15 is 0 Å². The molecule has 0 radical (unpaired) electrons. The van der Waals surface area contributed by atoms with Crippen LogP contribution < -0.4 is 15.4 Å². The van der Waals surface area contributed by atoms with Crippen molar-refractivity contribution >= 4 is 17.5 Å². The zero-order chi connectivity index (χ0) is 18.5. The summed E-state index contributed by atoms with van der Waals surface area (Å²) in [7, 11) is 0. The van der Waals surface area contributed by atoms with Crippen molar-refractivity contribution in [1.82, 2.24) is 5.32 Å². The number of ether oxygens (including phenoxy) is 1. The maximum Gasteiger partial charge on any atom is 0.257 e. The van der Waals surface area contributed by atoms with Gasteiger partial charge in [-0.1, -0.05) is 12.1 Å². The second kappa shape index (κ2) is 7.99. The van der Waals surface area contributed by atoms with E-state index in [0.717, 1.165) is 12.0 Å². The zero-order valence-electron chi connectivity index (χ0n) is 14.5. The summed E-state index contributed by atoms with van der Waals surface area (Å²) in [6.45, 7) is 2.37. The van der Waals surface area contributed by atoms with Gasteiger partial charge in [0.25, 0.3) is 5.91 Å². The first kappa shape index (κ1) is 17.9. The molecule has 136 valence electrons. The van der Waals surface area contributed by atoms with Gasteiger partial charge in [0.05, 0.1) is 0 Å². The van der Waals surface area contributed by atoms with Crippen molar-refractivity contribution in [3.8, 4) is 5.75 Å². The Morgan fingerprint density at radius 2 is 1.81 bits per heavy atom. The van der Waals surface area contributed by atoms with E-state index in [0.29, 0.717) is 18.0 Å². The van der Waals surface area contributed by atoms with Gasteiger partial charge in [-0.15, -0.1) is 0 Å². The standard InChI is InChI=1S/C20H21FN2O3/c1-2-22-19(24)12-26-16-9-7-15(8-10-16)23-20(25)18-11-17(18)13-3-5-14(21)6-4-13/h3-10,17-18H,2,11-12H2,1H3,(H,22,24)(H,23,25). The molecule has 6 heteroatoms. The minimum atomic E-state index is -0.273. The molecule has 2 aromatic rings. The molecule has 0 aliphatic heterocycles. The number of carbonyl (C=O) groups excluding carboxylic acids is 2. The molecule has 1 saturated carbocycles. The predicted molar refractivity (Wildman–Crippen MR) is 96.5 cm³/mol. The molecule has 0 aromatic heterocycles. The van der Waals surface area contributed by atoms with Crippen LogP contribution in [0.4, 0.5) is 10.1 Å². The second-order valence-electron chi connectivity index (χ2n) is 6.26. The van der Waals surface area contributed by atoms with Gasteiger partial charge in [0.1, 0.15) is 11.6 Å². The summed E-state index contributed by atoms with van der Waals surface area (Å²) in [5.74, 6) is 0.125. The highest BCUT2D eigenvalue weighted by Gasteiger charge is 2.43. The van der Waals surface area contributed by atoms with Gasteiger partial charge in [-0.3, -0.25) is 9.59 Å². The third-order valence-electron chi connectivity index (χ3n) is 4.29. The van der Waals surface area contributed by atoms with Crippen LogP contribution in [0.15, 0.2) is 48.5 Å². The fourth-order valence-electron chi connectivity index (χ4n) is 2.83. The molecule has 0 spiro atoms. The van der Waals surface area contributed by atoms with E-state index in [4.69, 9.17) is 4.74 Å². The van der Waals surface area contributed by atoms with Crippen molar-refractivity contribution in [2.24, 2.45) is 5.92 Å². The van der Waals surface area contributed by atoms with E-state index in [1.54, 1.807) is 36.4 Å². The molecule has 2 unspecified atom stereocenters. The summed E-state index contributed by atoms with van der Waals surface area (Å²) in [6.07, 6.45) is 0.769. The van der Waals surface area contributed by atoms with Crippen LogP contribution in [0.25, 0.3) is 0 Å². The van der Waals surface area contributed by atoms with Crippen molar-refractivity contribution in [1.29, 1.82) is 0 Å². The number of anilines is 1. The zero-order valence-corrected chi connectivity index (χ0v) is 14.5. The highest BCUT2D eigenvalue weighted by Crippen LogP contribution is 2.48. The van der Waals surface area contributed by atoms with E-state index < -0.39 is 0 Å². The maximum absolute atomic E-state index is 13.0. The summed E-state index contributed by atoms with van der Waals surface area (Å²) in [5, 5.41) is 5.53. The lowest BCUT2D eigenvalue weighted by molar-refractivity contribution is -0.123. The minimum absolute atomic E-state index is 0.0407. The topological polar surface area (TPSA) is 67.4 Å². The van der Waals surface area contributed by atoms with E-state index in [2.05, 4.69) is 10.6 Å². The van der Waals surface area contributed by atoms with Gasteiger partial charge in [-0.25, -0.2) is 4.39 Å². The van der Waals surface area contributed by atoms with Crippen molar-refractivity contribution in [2.75, 3.05) is 18.5 Å². The number of hydrogen-bond acceptors (Lipinski definition) is 3. The van der Waals surface area contributed by atoms with Crippen molar-refractivity contribution < 1.29 is 18.7 Å². The van der Waals surface area contributed by atoms with Crippen LogP contribution >= 0.6 is 0 Å². The molecular weight excluding hydrogens is 335 g/mol. The number of benzene rings is 2. The molecule has 0 heterocycles. The van der Waals surface area contributed by atoms with Crippen LogP contribution in [0, 0.1) is 11.7 Å². The van der Waals surface area contributed by atoms with Gasteiger partial charge in [0.2, 0.25) is 5.91 Å². The van der Waals surface area contributed by atoms with Gasteiger partial charge < -0.3 is 15.4 Å². The monoisotopic (exact) mass is 356 g/mol. The fourth-order valence-corrected chi connectivity index (χ4v) is 2.83. The van der Waals surface area contributed by atoms with Crippen LogP contribution in [0.5, 0.6) is 5.75 Å². The van der Waals surface area contributed by atoms with Crippen LogP contribution in [0.3, 0.4) is 0 Å². The Balaban J connectivity index is 1.49. The van der Waals surface area contributed by atoms with Crippen LogP contribution in [-0.4, -0.2) is 25.0 Å². The first-order chi connectivity index (χ1) is 12.6. The summed E-state index contributed by atoms with van der Waals surface area (Å²) in [4.78, 5) is 23.7. The lowest BCUT2D eigenvalue weighted by Gasteiger charge is -2.08. The molecule has 2 atom stereocenters. The Hall–Kier alpha value is -2.89. The number of carbonyl (C=O) groups is 2. The Bertz CT molecular complexity index is 775. The molecule has 1 fully saturated rings. The number of likely N-dealkylation sites (N-methyl/N-ethyl adjacent to an activating group) is 1. The van der Waals surface area contributed by atoms with Crippen molar-refractivity contribution in [3.63, 3.8) is 0 Å². The van der Waals surface area contributed by atoms with Gasteiger partial charge >= 0.3 is 0 Å². The van der Waals surface area contributed by atoms with Gasteiger partial charge in [0, 0.05) is 18.2 Å². The first-order valence-corrected chi connectivity index (χ1v) is 8.62. The number of rotatable bonds is 7. The molecule has 5 nitrogen and oxygen atoms in total. The Kier molecular flexibility index (Phi) is 5.51. The predicted octanol–water partition coefficient (Wildman–Crippen LogP) is 3.08. The molecule has 1 aliphatic carbocycles. The molecule has 0 saturated heterocycles.